The lowest BCUT2D eigenvalue weighted by molar-refractivity contribution is 0.0907. The highest BCUT2D eigenvalue weighted by molar-refractivity contribution is 5.95. The number of Topliss-reactive ketones (excluding diaryl/α,β-unsaturated/α-hetero) is 1. The Bertz CT molecular complexity index is 855. The molecule has 1 fully saturated rings. The predicted octanol–water partition coefficient (Wildman–Crippen LogP) is 3.60. The van der Waals surface area contributed by atoms with Gasteiger partial charge in [-0.15, -0.1) is 0 Å². The summed E-state index contributed by atoms with van der Waals surface area (Å²) in [5.41, 5.74) is 3.47. The number of methoxy groups -OCH3 is 1. The van der Waals surface area contributed by atoms with Gasteiger partial charge < -0.3 is 10.1 Å². The molecule has 2 aromatic carbocycles. The fraction of sp³-hybridized carbons (Fsp3) is 0.391. The van der Waals surface area contributed by atoms with Crippen molar-refractivity contribution in [2.24, 2.45) is 0 Å². The largest absolute Gasteiger partial charge is 0.496 e. The van der Waals surface area contributed by atoms with Crippen LogP contribution in [0.4, 0.5) is 0 Å². The summed E-state index contributed by atoms with van der Waals surface area (Å²) in [6.45, 7) is 6.06. The van der Waals surface area contributed by atoms with E-state index in [0.29, 0.717) is 5.56 Å². The van der Waals surface area contributed by atoms with Crippen LogP contribution in [0.25, 0.3) is 0 Å². The fourth-order valence-corrected chi connectivity index (χ4v) is 3.69. The first kappa shape index (κ1) is 20.1. The molecular formula is C23H28N2O3. The van der Waals surface area contributed by atoms with E-state index in [-0.39, 0.29) is 17.7 Å². The van der Waals surface area contributed by atoms with E-state index >= 15 is 0 Å². The Morgan fingerprint density at radius 3 is 2.50 bits per heavy atom. The molecule has 1 saturated heterocycles. The number of amides is 1. The van der Waals surface area contributed by atoms with E-state index in [4.69, 9.17) is 4.74 Å². The Morgan fingerprint density at radius 2 is 1.86 bits per heavy atom. The molecule has 0 spiro atoms. The van der Waals surface area contributed by atoms with E-state index < -0.39 is 0 Å². The molecule has 1 N–H and O–H groups in total. The summed E-state index contributed by atoms with van der Waals surface area (Å²) in [5, 5.41) is 3.17. The number of aryl methyl sites for hydroxylation is 1. The van der Waals surface area contributed by atoms with Crippen LogP contribution >= 0.6 is 0 Å². The maximum Gasteiger partial charge on any atom is 0.251 e. The van der Waals surface area contributed by atoms with Crippen LogP contribution in [0.1, 0.15) is 51.6 Å². The Kier molecular flexibility index (Phi) is 6.47. The predicted molar refractivity (Wildman–Crippen MR) is 110 cm³/mol. The number of hydrogen-bond acceptors (Lipinski definition) is 4. The molecule has 0 aromatic heterocycles. The summed E-state index contributed by atoms with van der Waals surface area (Å²) in [7, 11) is 1.65. The fourth-order valence-electron chi connectivity index (χ4n) is 3.69. The highest BCUT2D eigenvalue weighted by Gasteiger charge is 2.22. The van der Waals surface area contributed by atoms with Crippen LogP contribution < -0.4 is 10.1 Å². The van der Waals surface area contributed by atoms with Gasteiger partial charge in [-0.05, 0) is 56.5 Å². The van der Waals surface area contributed by atoms with Gasteiger partial charge >= 0.3 is 0 Å². The lowest BCUT2D eigenvalue weighted by Crippen LogP contribution is -2.44. The van der Waals surface area contributed by atoms with Crippen molar-refractivity contribution in [2.75, 3.05) is 20.2 Å². The molecule has 0 unspecified atom stereocenters. The first-order chi connectivity index (χ1) is 13.5. The van der Waals surface area contributed by atoms with Gasteiger partial charge in [0.1, 0.15) is 5.75 Å². The smallest absolute Gasteiger partial charge is 0.251 e. The number of ketones is 1. The van der Waals surface area contributed by atoms with Crippen LogP contribution in [0.15, 0.2) is 42.5 Å². The molecule has 0 radical (unpaired) electrons. The molecule has 0 saturated carbocycles. The van der Waals surface area contributed by atoms with Gasteiger partial charge in [-0.3, -0.25) is 14.5 Å². The summed E-state index contributed by atoms with van der Waals surface area (Å²) >= 11 is 0. The number of nitrogens with one attached hydrogen (secondary N) is 1. The van der Waals surface area contributed by atoms with Crippen molar-refractivity contribution < 1.29 is 14.3 Å². The van der Waals surface area contributed by atoms with E-state index in [1.54, 1.807) is 20.1 Å². The molecule has 0 aliphatic carbocycles. The van der Waals surface area contributed by atoms with Gasteiger partial charge in [0.15, 0.2) is 5.78 Å². The van der Waals surface area contributed by atoms with Crippen molar-refractivity contribution in [3.8, 4) is 5.75 Å². The number of likely N-dealkylation sites (tertiary alicyclic amines) is 1. The summed E-state index contributed by atoms with van der Waals surface area (Å²) in [6, 6.07) is 13.4. The first-order valence-corrected chi connectivity index (χ1v) is 9.74. The van der Waals surface area contributed by atoms with Crippen LogP contribution in [-0.4, -0.2) is 42.8 Å². The van der Waals surface area contributed by atoms with Crippen LogP contribution in [0.5, 0.6) is 5.75 Å². The molecular weight excluding hydrogens is 352 g/mol. The van der Waals surface area contributed by atoms with E-state index in [9.17, 15) is 9.59 Å². The van der Waals surface area contributed by atoms with Gasteiger partial charge in [0.2, 0.25) is 0 Å². The third-order valence-corrected chi connectivity index (χ3v) is 5.39. The Hall–Kier alpha value is -2.66. The minimum atomic E-state index is 0.00683. The lowest BCUT2D eigenvalue weighted by Gasteiger charge is -2.32. The van der Waals surface area contributed by atoms with Gasteiger partial charge in [0.05, 0.1) is 7.11 Å². The highest BCUT2D eigenvalue weighted by Crippen LogP contribution is 2.24. The maximum atomic E-state index is 12.5. The summed E-state index contributed by atoms with van der Waals surface area (Å²) in [5.74, 6) is 0.869. The minimum Gasteiger partial charge on any atom is -0.496 e. The molecule has 148 valence electrons. The lowest BCUT2D eigenvalue weighted by atomic mass is 10.0. The second-order valence-electron chi connectivity index (χ2n) is 7.42. The van der Waals surface area contributed by atoms with Crippen LogP contribution in [0, 0.1) is 6.92 Å². The standard InChI is InChI=1S/C23H28N2O3/c1-16-6-4-5-7-21(16)23(27)24-20-10-12-25(13-11-20)15-19-14-18(17(2)26)8-9-22(19)28-3/h4-9,14,20H,10-13,15H2,1-3H3,(H,24,27). The van der Waals surface area contributed by atoms with Crippen LogP contribution in [0.2, 0.25) is 0 Å². The second kappa shape index (κ2) is 9.02. The Balaban J connectivity index is 1.57. The van der Waals surface area contributed by atoms with Gasteiger partial charge in [-0.2, -0.15) is 0 Å². The molecule has 1 aliphatic heterocycles. The van der Waals surface area contributed by atoms with E-state index in [2.05, 4.69) is 10.2 Å². The van der Waals surface area contributed by atoms with Crippen LogP contribution in [-0.2, 0) is 6.54 Å². The number of rotatable bonds is 6. The molecule has 0 atom stereocenters. The third kappa shape index (κ3) is 4.78. The molecule has 28 heavy (non-hydrogen) atoms. The summed E-state index contributed by atoms with van der Waals surface area (Å²) in [6.07, 6.45) is 1.82. The molecule has 3 rings (SSSR count). The van der Waals surface area contributed by atoms with E-state index in [1.165, 1.54) is 0 Å². The number of carbonyl (C=O) groups excluding carboxylic acids is 2. The number of benzene rings is 2. The number of hydrogen-bond donors (Lipinski definition) is 1. The normalized spacial score (nSPS) is 15.2. The quantitative estimate of drug-likeness (QED) is 0.778. The van der Waals surface area contributed by atoms with Crippen molar-refractivity contribution in [2.45, 2.75) is 39.3 Å². The Morgan fingerprint density at radius 1 is 1.14 bits per heavy atom. The van der Waals surface area contributed by atoms with Crippen molar-refractivity contribution >= 4 is 11.7 Å². The minimum absolute atomic E-state index is 0.00683. The third-order valence-electron chi connectivity index (χ3n) is 5.39. The number of nitrogens with zero attached hydrogens (tertiary/aromatic N) is 1. The number of carbonyl (C=O) groups is 2. The monoisotopic (exact) mass is 380 g/mol. The average molecular weight is 380 g/mol. The Labute approximate surface area is 166 Å². The molecule has 1 aliphatic rings. The number of ether oxygens (including phenoxy) is 1. The van der Waals surface area contributed by atoms with Gasteiger partial charge in [-0.25, -0.2) is 0 Å². The van der Waals surface area contributed by atoms with Gasteiger partial charge in [0, 0.05) is 42.4 Å². The SMILES string of the molecule is COc1ccc(C(C)=O)cc1CN1CCC(NC(=O)c2ccccc2C)CC1. The van der Waals surface area contributed by atoms with Crippen molar-refractivity contribution in [1.82, 2.24) is 10.2 Å². The van der Waals surface area contributed by atoms with E-state index in [1.807, 2.05) is 43.3 Å². The highest BCUT2D eigenvalue weighted by atomic mass is 16.5. The summed E-state index contributed by atoms with van der Waals surface area (Å²) < 4.78 is 5.46. The number of piperidine rings is 1. The van der Waals surface area contributed by atoms with Crippen molar-refractivity contribution in [3.05, 3.63) is 64.7 Å². The molecule has 2 aromatic rings. The van der Waals surface area contributed by atoms with Gasteiger partial charge in [0.25, 0.3) is 5.91 Å². The zero-order chi connectivity index (χ0) is 20.1. The molecule has 5 nitrogen and oxygen atoms in total. The maximum absolute atomic E-state index is 12.5. The summed E-state index contributed by atoms with van der Waals surface area (Å²) in [4.78, 5) is 26.5. The zero-order valence-electron chi connectivity index (χ0n) is 16.8. The van der Waals surface area contributed by atoms with Crippen LogP contribution in [0.3, 0.4) is 0 Å². The topological polar surface area (TPSA) is 58.6 Å². The van der Waals surface area contributed by atoms with E-state index in [0.717, 1.165) is 54.9 Å². The van der Waals surface area contributed by atoms with Gasteiger partial charge in [-0.1, -0.05) is 18.2 Å². The molecule has 0 bridgehead atoms. The second-order valence-corrected chi connectivity index (χ2v) is 7.42. The zero-order valence-corrected chi connectivity index (χ0v) is 16.8. The molecule has 1 amide bonds. The van der Waals surface area contributed by atoms with Crippen molar-refractivity contribution in [3.63, 3.8) is 0 Å². The van der Waals surface area contributed by atoms with Crippen molar-refractivity contribution in [1.29, 1.82) is 0 Å². The average Bonchev–Trinajstić information content (AvgIpc) is 2.69. The molecule has 1 heterocycles. The molecule has 5 heteroatoms. The first-order valence-electron chi connectivity index (χ1n) is 9.74.